The number of carboxylic acid groups (broad SMARTS) is 1. The molecule has 4 rings (SSSR count). The van der Waals surface area contributed by atoms with Gasteiger partial charge in [0, 0.05) is 10.6 Å². The molecular weight excluding hydrogens is 448 g/mol. The number of rotatable bonds is 6. The van der Waals surface area contributed by atoms with E-state index < -0.39 is 11.2 Å². The van der Waals surface area contributed by atoms with Crippen LogP contribution in [0, 0.1) is 11.3 Å². The van der Waals surface area contributed by atoms with Gasteiger partial charge in [-0.05, 0) is 40.8 Å². The molecule has 0 saturated carbocycles. The Hall–Kier alpha value is -3.11. The number of pyridine rings is 1. The molecule has 1 atom stereocenters. The quantitative estimate of drug-likeness (QED) is 0.307. The smallest absolute Gasteiger partial charge is 0.339 e. The van der Waals surface area contributed by atoms with Gasteiger partial charge >= 0.3 is 5.97 Å². The molecule has 7 heteroatoms. The van der Waals surface area contributed by atoms with Crippen LogP contribution in [0.15, 0.2) is 83.2 Å². The van der Waals surface area contributed by atoms with Crippen LogP contribution in [0.25, 0.3) is 21.7 Å². The van der Waals surface area contributed by atoms with Crippen molar-refractivity contribution in [3.05, 3.63) is 94.3 Å². The Bertz CT molecular complexity index is 1250. The number of nitriles is 1. The van der Waals surface area contributed by atoms with E-state index in [-0.39, 0.29) is 5.56 Å². The average molecular weight is 463 g/mol. The van der Waals surface area contributed by atoms with Crippen molar-refractivity contribution in [3.63, 3.8) is 0 Å². The topological polar surface area (TPSA) is 74.0 Å². The molecule has 4 aromatic rings. The van der Waals surface area contributed by atoms with E-state index in [4.69, 9.17) is 11.6 Å². The number of hydrogen-bond acceptors (Lipinski definition) is 5. The summed E-state index contributed by atoms with van der Waals surface area (Å²) >= 11 is 8.63. The molecule has 1 unspecified atom stereocenters. The van der Waals surface area contributed by atoms with Crippen LogP contribution in [0.3, 0.4) is 0 Å². The van der Waals surface area contributed by atoms with E-state index in [0.29, 0.717) is 21.3 Å². The van der Waals surface area contributed by atoms with E-state index in [9.17, 15) is 15.2 Å². The van der Waals surface area contributed by atoms with E-state index in [1.807, 2.05) is 47.8 Å². The first-order chi connectivity index (χ1) is 15.1. The molecule has 2 aromatic heterocycles. The van der Waals surface area contributed by atoms with Crippen LogP contribution in [0.5, 0.6) is 0 Å². The summed E-state index contributed by atoms with van der Waals surface area (Å²) < 4.78 is 0. The van der Waals surface area contributed by atoms with E-state index >= 15 is 0 Å². The van der Waals surface area contributed by atoms with E-state index in [1.54, 1.807) is 30.3 Å². The number of hydrogen-bond donors (Lipinski definition) is 1. The van der Waals surface area contributed by atoms with Crippen LogP contribution in [-0.4, -0.2) is 16.1 Å². The second-order valence-corrected chi connectivity index (χ2v) is 9.04. The number of aromatic carboxylic acids is 1. The fourth-order valence-corrected chi connectivity index (χ4v) is 4.98. The molecule has 0 bridgehead atoms. The van der Waals surface area contributed by atoms with Gasteiger partial charge in [0.2, 0.25) is 0 Å². The highest BCUT2D eigenvalue weighted by Crippen LogP contribution is 2.41. The van der Waals surface area contributed by atoms with Crippen molar-refractivity contribution in [2.24, 2.45) is 0 Å². The number of carboxylic acids is 1. The van der Waals surface area contributed by atoms with E-state index in [0.717, 1.165) is 27.8 Å². The van der Waals surface area contributed by atoms with Crippen LogP contribution in [0.1, 0.15) is 21.2 Å². The molecule has 1 N–H and O–H groups in total. The average Bonchev–Trinajstić information content (AvgIpc) is 3.33. The number of thiophene rings is 1. The van der Waals surface area contributed by atoms with Crippen LogP contribution in [0.2, 0.25) is 5.02 Å². The number of benzene rings is 2. The molecule has 0 aliphatic carbocycles. The largest absolute Gasteiger partial charge is 0.478 e. The molecule has 0 fully saturated rings. The van der Waals surface area contributed by atoms with Gasteiger partial charge in [0.25, 0.3) is 0 Å². The highest BCUT2D eigenvalue weighted by atomic mass is 35.5. The summed E-state index contributed by atoms with van der Waals surface area (Å²) in [7, 11) is 0. The van der Waals surface area contributed by atoms with Crippen molar-refractivity contribution >= 4 is 40.7 Å². The summed E-state index contributed by atoms with van der Waals surface area (Å²) in [6.45, 7) is 0. The minimum Gasteiger partial charge on any atom is -0.478 e. The summed E-state index contributed by atoms with van der Waals surface area (Å²) in [6.07, 6.45) is 0. The zero-order valence-corrected chi connectivity index (χ0v) is 18.4. The highest BCUT2D eigenvalue weighted by Gasteiger charge is 2.24. The zero-order valence-electron chi connectivity index (χ0n) is 16.0. The maximum absolute atomic E-state index is 12.3. The Kier molecular flexibility index (Phi) is 6.38. The molecule has 31 heavy (non-hydrogen) atoms. The Morgan fingerprint density at radius 2 is 1.84 bits per heavy atom. The van der Waals surface area contributed by atoms with Crippen molar-refractivity contribution in [3.8, 4) is 27.8 Å². The van der Waals surface area contributed by atoms with Crippen LogP contribution in [0.4, 0.5) is 0 Å². The lowest BCUT2D eigenvalue weighted by Gasteiger charge is -2.16. The van der Waals surface area contributed by atoms with Gasteiger partial charge in [0.1, 0.15) is 10.3 Å². The minimum atomic E-state index is -1.08. The summed E-state index contributed by atoms with van der Waals surface area (Å²) in [6, 6.07) is 24.2. The van der Waals surface area contributed by atoms with Crippen molar-refractivity contribution in [1.82, 2.24) is 4.98 Å². The lowest BCUT2D eigenvalue weighted by atomic mass is 10.0. The Morgan fingerprint density at radius 1 is 1.10 bits per heavy atom. The predicted molar refractivity (Wildman–Crippen MR) is 126 cm³/mol. The third-order valence-corrected chi connectivity index (χ3v) is 6.85. The Labute approximate surface area is 192 Å². The molecular formula is C24H15ClN2O2S2. The first-order valence-corrected chi connectivity index (χ1v) is 11.4. The van der Waals surface area contributed by atoms with Crippen LogP contribution < -0.4 is 0 Å². The van der Waals surface area contributed by atoms with Gasteiger partial charge in [-0.25, -0.2) is 9.78 Å². The maximum Gasteiger partial charge on any atom is 0.339 e. The predicted octanol–water partition coefficient (Wildman–Crippen LogP) is 7.19. The number of carbonyl (C=O) groups is 1. The van der Waals surface area contributed by atoms with Crippen molar-refractivity contribution < 1.29 is 9.90 Å². The van der Waals surface area contributed by atoms with Gasteiger partial charge < -0.3 is 5.11 Å². The number of nitrogens with zero attached hydrogens (tertiary/aromatic N) is 2. The third-order valence-electron chi connectivity index (χ3n) is 4.58. The van der Waals surface area contributed by atoms with Crippen molar-refractivity contribution in [2.45, 2.75) is 10.3 Å². The highest BCUT2D eigenvalue weighted by molar-refractivity contribution is 7.99. The molecule has 0 spiro atoms. The van der Waals surface area contributed by atoms with Crippen molar-refractivity contribution in [2.75, 3.05) is 0 Å². The summed E-state index contributed by atoms with van der Waals surface area (Å²) in [5.74, 6) is -1.08. The number of halogens is 1. The van der Waals surface area contributed by atoms with Gasteiger partial charge in [-0.2, -0.15) is 5.26 Å². The van der Waals surface area contributed by atoms with Gasteiger partial charge in [0.15, 0.2) is 0 Å². The molecule has 152 valence electrons. The zero-order chi connectivity index (χ0) is 21.8. The molecule has 0 aliphatic rings. The fraction of sp³-hybridized carbons (Fsp3) is 0.0417. The normalized spacial score (nSPS) is 11.6. The van der Waals surface area contributed by atoms with Crippen LogP contribution >= 0.6 is 34.7 Å². The minimum absolute atomic E-state index is 0.0886. The summed E-state index contributed by atoms with van der Waals surface area (Å²) in [4.78, 5) is 17.9. The summed E-state index contributed by atoms with van der Waals surface area (Å²) in [5, 5.41) is 22.1. The van der Waals surface area contributed by atoms with Crippen LogP contribution in [-0.2, 0) is 0 Å². The van der Waals surface area contributed by atoms with E-state index in [2.05, 4.69) is 11.1 Å². The second-order valence-electron chi connectivity index (χ2n) is 6.56. The Morgan fingerprint density at radius 3 is 2.45 bits per heavy atom. The fourth-order valence-electron chi connectivity index (χ4n) is 3.13. The third kappa shape index (κ3) is 4.64. The van der Waals surface area contributed by atoms with Gasteiger partial charge in [-0.1, -0.05) is 71.9 Å². The SMILES string of the molecule is N#CC(Sc1nc(-c2cccs2)cc(-c2ccccc2)c1C(=O)O)c1ccc(Cl)cc1. The maximum atomic E-state index is 12.3. The molecule has 0 amide bonds. The monoisotopic (exact) mass is 462 g/mol. The lowest BCUT2D eigenvalue weighted by Crippen LogP contribution is -2.06. The number of aromatic nitrogens is 1. The Balaban J connectivity index is 1.89. The first kappa shape index (κ1) is 21.1. The molecule has 0 aliphatic heterocycles. The standard InChI is InChI=1S/C24H15ClN2O2S2/c25-17-10-8-16(9-11-17)21(14-26)31-23-22(24(28)29)18(15-5-2-1-3-6-15)13-19(27-23)20-7-4-12-30-20/h1-13,21H,(H,28,29). The molecule has 0 radical (unpaired) electrons. The van der Waals surface area contributed by atoms with Gasteiger partial charge in [0.05, 0.1) is 22.2 Å². The number of thioether (sulfide) groups is 1. The second kappa shape index (κ2) is 9.36. The lowest BCUT2D eigenvalue weighted by molar-refractivity contribution is 0.0693. The van der Waals surface area contributed by atoms with Gasteiger partial charge in [-0.15, -0.1) is 11.3 Å². The van der Waals surface area contributed by atoms with Gasteiger partial charge in [-0.3, -0.25) is 0 Å². The molecule has 4 nitrogen and oxygen atoms in total. The molecule has 2 aromatic carbocycles. The van der Waals surface area contributed by atoms with E-state index in [1.165, 1.54) is 11.3 Å². The summed E-state index contributed by atoms with van der Waals surface area (Å²) in [5.41, 5.74) is 2.85. The molecule has 2 heterocycles. The van der Waals surface area contributed by atoms with Crippen molar-refractivity contribution in [1.29, 1.82) is 5.26 Å². The first-order valence-electron chi connectivity index (χ1n) is 9.26. The molecule has 0 saturated heterocycles.